The highest BCUT2D eigenvalue weighted by Crippen LogP contribution is 2.28. The number of benzene rings is 2. The second-order valence-corrected chi connectivity index (χ2v) is 6.10. The lowest BCUT2D eigenvalue weighted by molar-refractivity contribution is -0.153. The summed E-state index contributed by atoms with van der Waals surface area (Å²) in [6.45, 7) is 5.45. The minimum Gasteiger partial charge on any atom is -0.463 e. The summed E-state index contributed by atoms with van der Waals surface area (Å²) in [5.41, 5.74) is 1.67. The van der Waals surface area contributed by atoms with Gasteiger partial charge in [-0.05, 0) is 37.0 Å². The van der Waals surface area contributed by atoms with Crippen molar-refractivity contribution >= 4 is 5.97 Å². The van der Waals surface area contributed by atoms with Crippen molar-refractivity contribution in [3.63, 3.8) is 0 Å². The van der Waals surface area contributed by atoms with Gasteiger partial charge in [-0.3, -0.25) is 4.79 Å². The third kappa shape index (κ3) is 4.67. The van der Waals surface area contributed by atoms with Gasteiger partial charge in [0, 0.05) is 0 Å². The van der Waals surface area contributed by atoms with E-state index in [1.165, 1.54) is 0 Å². The van der Waals surface area contributed by atoms with Crippen LogP contribution in [0.4, 0.5) is 0 Å². The Bertz CT molecular complexity index is 630. The maximum atomic E-state index is 11.9. The fourth-order valence-electron chi connectivity index (χ4n) is 2.38. The minimum absolute atomic E-state index is 0.0535. The molecular weight excluding hydrogens is 288 g/mol. The Morgan fingerprint density at radius 2 is 1.65 bits per heavy atom. The van der Waals surface area contributed by atoms with Gasteiger partial charge >= 0.3 is 5.97 Å². The Hall–Kier alpha value is -2.13. The number of carbonyl (C=O) groups is 1. The van der Waals surface area contributed by atoms with E-state index in [0.717, 1.165) is 17.5 Å². The molecule has 0 aliphatic heterocycles. The number of aliphatic hydroxyl groups is 1. The zero-order chi connectivity index (χ0) is 16.9. The average molecular weight is 312 g/mol. The lowest BCUT2D eigenvalue weighted by atomic mass is 9.91. The van der Waals surface area contributed by atoms with E-state index in [4.69, 9.17) is 4.74 Å². The van der Waals surface area contributed by atoms with Crippen molar-refractivity contribution in [3.05, 3.63) is 60.2 Å². The first kappa shape index (κ1) is 17.2. The summed E-state index contributed by atoms with van der Waals surface area (Å²) in [6.07, 6.45) is 0.584. The second kappa shape index (κ2) is 7.42. The molecule has 0 aromatic heterocycles. The van der Waals surface area contributed by atoms with Crippen LogP contribution in [-0.2, 0) is 15.1 Å². The second-order valence-electron chi connectivity index (χ2n) is 6.10. The Balaban J connectivity index is 2.09. The van der Waals surface area contributed by atoms with E-state index in [9.17, 15) is 9.90 Å². The van der Waals surface area contributed by atoms with Crippen molar-refractivity contribution in [3.8, 4) is 11.1 Å². The molecule has 3 nitrogen and oxygen atoms in total. The molecule has 2 unspecified atom stereocenters. The quantitative estimate of drug-likeness (QED) is 0.809. The Kier molecular flexibility index (Phi) is 5.56. The molecule has 1 N–H and O–H groups in total. The maximum absolute atomic E-state index is 11.9. The first-order chi connectivity index (χ1) is 10.9. The third-order valence-corrected chi connectivity index (χ3v) is 4.01. The molecule has 2 aromatic rings. The molecule has 0 saturated carbocycles. The summed E-state index contributed by atoms with van der Waals surface area (Å²) >= 11 is 0. The molecule has 2 aromatic carbocycles. The molecule has 23 heavy (non-hydrogen) atoms. The maximum Gasteiger partial charge on any atom is 0.309 e. The zero-order valence-corrected chi connectivity index (χ0v) is 14.0. The van der Waals surface area contributed by atoms with Gasteiger partial charge in [0.05, 0.1) is 18.1 Å². The SMILES string of the molecule is CCC(C)OC(=O)CC(C)(O)c1ccc(-c2ccccc2)cc1. The summed E-state index contributed by atoms with van der Waals surface area (Å²) in [4.78, 5) is 11.9. The molecule has 0 bridgehead atoms. The molecule has 3 heteroatoms. The van der Waals surface area contributed by atoms with Crippen molar-refractivity contribution in [2.75, 3.05) is 0 Å². The van der Waals surface area contributed by atoms with E-state index in [0.29, 0.717) is 5.56 Å². The predicted octanol–water partition coefficient (Wildman–Crippen LogP) is 4.29. The highest BCUT2D eigenvalue weighted by atomic mass is 16.5. The van der Waals surface area contributed by atoms with Crippen LogP contribution < -0.4 is 0 Å². The Morgan fingerprint density at radius 1 is 1.09 bits per heavy atom. The molecule has 2 rings (SSSR count). The lowest BCUT2D eigenvalue weighted by Crippen LogP contribution is -2.27. The summed E-state index contributed by atoms with van der Waals surface area (Å²) in [7, 11) is 0. The van der Waals surface area contributed by atoms with Crippen LogP contribution in [0, 0.1) is 0 Å². The van der Waals surface area contributed by atoms with Crippen LogP contribution in [0.15, 0.2) is 54.6 Å². The van der Waals surface area contributed by atoms with E-state index >= 15 is 0 Å². The Labute approximate surface area is 137 Å². The van der Waals surface area contributed by atoms with Crippen LogP contribution in [0.1, 0.15) is 39.2 Å². The first-order valence-electron chi connectivity index (χ1n) is 8.00. The molecule has 2 atom stereocenters. The van der Waals surface area contributed by atoms with Crippen molar-refractivity contribution in [2.45, 2.75) is 45.3 Å². The summed E-state index contributed by atoms with van der Waals surface area (Å²) < 4.78 is 5.25. The minimum atomic E-state index is -1.24. The molecule has 0 aliphatic rings. The molecular formula is C20H24O3. The van der Waals surface area contributed by atoms with Gasteiger partial charge in [0.15, 0.2) is 0 Å². The number of carbonyl (C=O) groups excluding carboxylic acids is 1. The monoisotopic (exact) mass is 312 g/mol. The highest BCUT2D eigenvalue weighted by molar-refractivity contribution is 5.71. The van der Waals surface area contributed by atoms with Gasteiger partial charge < -0.3 is 9.84 Å². The van der Waals surface area contributed by atoms with Gasteiger partial charge in [-0.25, -0.2) is 0 Å². The summed E-state index contributed by atoms with van der Waals surface area (Å²) in [5.74, 6) is -0.378. The fourth-order valence-corrected chi connectivity index (χ4v) is 2.38. The van der Waals surface area contributed by atoms with Gasteiger partial charge in [-0.15, -0.1) is 0 Å². The first-order valence-corrected chi connectivity index (χ1v) is 8.00. The average Bonchev–Trinajstić information content (AvgIpc) is 2.55. The zero-order valence-electron chi connectivity index (χ0n) is 14.0. The van der Waals surface area contributed by atoms with Crippen LogP contribution in [0.5, 0.6) is 0 Å². The van der Waals surface area contributed by atoms with Gasteiger partial charge in [-0.1, -0.05) is 61.5 Å². The van der Waals surface area contributed by atoms with Crippen LogP contribution in [0.25, 0.3) is 11.1 Å². The lowest BCUT2D eigenvalue weighted by Gasteiger charge is -2.24. The van der Waals surface area contributed by atoms with Crippen LogP contribution >= 0.6 is 0 Å². The molecule has 0 aliphatic carbocycles. The number of rotatable bonds is 6. The van der Waals surface area contributed by atoms with Gasteiger partial charge in [0.2, 0.25) is 0 Å². The van der Waals surface area contributed by atoms with Crippen molar-refractivity contribution < 1.29 is 14.6 Å². The van der Waals surface area contributed by atoms with Crippen molar-refractivity contribution in [1.29, 1.82) is 0 Å². The van der Waals surface area contributed by atoms with Gasteiger partial charge in [0.25, 0.3) is 0 Å². The molecule has 0 amide bonds. The molecule has 0 heterocycles. The standard InChI is InChI=1S/C20H24O3/c1-4-15(2)23-19(21)14-20(3,22)18-12-10-17(11-13-18)16-8-6-5-7-9-16/h5-13,15,22H,4,14H2,1-3H3. The largest absolute Gasteiger partial charge is 0.463 e. The van der Waals surface area contributed by atoms with E-state index in [2.05, 4.69) is 0 Å². The molecule has 0 radical (unpaired) electrons. The normalized spacial score (nSPS) is 14.8. The Morgan fingerprint density at radius 3 is 2.22 bits per heavy atom. The molecule has 0 spiro atoms. The van der Waals surface area contributed by atoms with E-state index in [1.54, 1.807) is 6.92 Å². The van der Waals surface area contributed by atoms with Crippen LogP contribution in [-0.4, -0.2) is 17.2 Å². The van der Waals surface area contributed by atoms with E-state index < -0.39 is 5.60 Å². The number of ether oxygens (including phenoxy) is 1. The molecule has 0 saturated heterocycles. The number of esters is 1. The topological polar surface area (TPSA) is 46.5 Å². The summed E-state index contributed by atoms with van der Waals surface area (Å²) in [5, 5.41) is 10.6. The fraction of sp³-hybridized carbons (Fsp3) is 0.350. The smallest absolute Gasteiger partial charge is 0.309 e. The summed E-state index contributed by atoms with van der Waals surface area (Å²) in [6, 6.07) is 17.7. The molecule has 0 fully saturated rings. The number of hydrogen-bond donors (Lipinski definition) is 1. The van der Waals surface area contributed by atoms with Gasteiger partial charge in [0.1, 0.15) is 0 Å². The van der Waals surface area contributed by atoms with Crippen LogP contribution in [0.3, 0.4) is 0 Å². The number of hydrogen-bond acceptors (Lipinski definition) is 3. The third-order valence-electron chi connectivity index (χ3n) is 4.01. The van der Waals surface area contributed by atoms with Crippen molar-refractivity contribution in [1.82, 2.24) is 0 Å². The van der Waals surface area contributed by atoms with E-state index in [-0.39, 0.29) is 18.5 Å². The molecule has 122 valence electrons. The highest BCUT2D eigenvalue weighted by Gasteiger charge is 2.28. The van der Waals surface area contributed by atoms with E-state index in [1.807, 2.05) is 68.4 Å². The van der Waals surface area contributed by atoms with Crippen LogP contribution in [0.2, 0.25) is 0 Å². The van der Waals surface area contributed by atoms with Gasteiger partial charge in [-0.2, -0.15) is 0 Å². The van der Waals surface area contributed by atoms with Crippen molar-refractivity contribution in [2.24, 2.45) is 0 Å². The predicted molar refractivity (Wildman–Crippen MR) is 91.9 cm³/mol.